The van der Waals surface area contributed by atoms with Gasteiger partial charge >= 0.3 is 0 Å². The van der Waals surface area contributed by atoms with Gasteiger partial charge in [0.05, 0.1) is 16.7 Å². The summed E-state index contributed by atoms with van der Waals surface area (Å²) in [6.45, 7) is 0. The fourth-order valence-electron chi connectivity index (χ4n) is 8.59. The predicted molar refractivity (Wildman–Crippen MR) is 231 cm³/mol. The van der Waals surface area contributed by atoms with E-state index in [1.807, 2.05) is 0 Å². The Morgan fingerprint density at radius 1 is 0.509 bits per heavy atom. The lowest BCUT2D eigenvalue weighted by molar-refractivity contribution is 0.548. The molecule has 3 nitrogen and oxygen atoms in total. The minimum atomic E-state index is 0.893. The Morgan fingerprint density at radius 3 is 1.89 bits per heavy atom. The smallest absolute Gasteiger partial charge is 0.159 e. The van der Waals surface area contributed by atoms with Crippen LogP contribution in [0.2, 0.25) is 0 Å². The molecular weight excluding hydrogens is 669 g/mol. The molecule has 55 heavy (non-hydrogen) atoms. The molecule has 11 rings (SSSR count). The molecule has 0 N–H and O–H groups in total. The van der Waals surface area contributed by atoms with Gasteiger partial charge in [-0.05, 0) is 88.0 Å². The number of rotatable bonds is 6. The number of hydrogen-bond acceptors (Lipinski definition) is 2. The van der Waals surface area contributed by atoms with E-state index in [1.54, 1.807) is 0 Å². The van der Waals surface area contributed by atoms with Gasteiger partial charge in [0.1, 0.15) is 5.76 Å². The molecule has 260 valence electrons. The van der Waals surface area contributed by atoms with Crippen molar-refractivity contribution in [2.75, 3.05) is 4.90 Å². The Balaban J connectivity index is 1.16. The van der Waals surface area contributed by atoms with E-state index in [-0.39, 0.29) is 0 Å². The van der Waals surface area contributed by atoms with Crippen molar-refractivity contribution in [1.82, 2.24) is 4.57 Å². The third-order valence-corrected chi connectivity index (χ3v) is 11.2. The molecule has 2 heterocycles. The molecule has 8 aromatic carbocycles. The van der Waals surface area contributed by atoms with Crippen LogP contribution in [0.25, 0.3) is 77.6 Å². The lowest BCUT2D eigenvalue weighted by Gasteiger charge is -2.27. The van der Waals surface area contributed by atoms with Crippen molar-refractivity contribution in [3.8, 4) is 27.9 Å². The fourth-order valence-corrected chi connectivity index (χ4v) is 8.59. The van der Waals surface area contributed by atoms with Crippen molar-refractivity contribution in [3.63, 3.8) is 0 Å². The second-order valence-electron chi connectivity index (χ2n) is 14.4. The second kappa shape index (κ2) is 12.8. The highest BCUT2D eigenvalue weighted by Crippen LogP contribution is 2.49. The lowest BCUT2D eigenvalue weighted by Crippen LogP contribution is -2.10. The highest BCUT2D eigenvalue weighted by molar-refractivity contribution is 6.24. The number of furan rings is 1. The summed E-state index contributed by atoms with van der Waals surface area (Å²) in [4.78, 5) is 2.42. The summed E-state index contributed by atoms with van der Waals surface area (Å²) in [5, 5.41) is 5.91. The van der Waals surface area contributed by atoms with Crippen molar-refractivity contribution in [1.29, 1.82) is 0 Å². The van der Waals surface area contributed by atoms with Crippen LogP contribution in [-0.2, 0) is 6.42 Å². The SMILES string of the molecule is C1=Cc2c(oc3c2cc(N(c2ccccc2)c2ccc(-c4ccc(-c5ccccc5)cc4)cc2)c2c4ccccc4n(-c4ccc5ccccc5c4)c32)CC1. The standard InChI is InChI=1S/C52H36N2O/c1-3-13-35(14-4-1)37-23-25-38(26-24-37)39-27-30-42(31-28-39)53(41-17-5-2-6-18-41)48-34-46-44-19-10-12-22-49(44)55-52(46)51-50(48)45-20-9-11-21-47(45)54(51)43-32-29-36-15-7-8-16-40(36)33-43/h1-11,13-21,23-34H,12,22H2. The molecule has 0 fully saturated rings. The van der Waals surface area contributed by atoms with E-state index in [9.17, 15) is 0 Å². The van der Waals surface area contributed by atoms with Crippen LogP contribution in [0.3, 0.4) is 0 Å². The Hall–Kier alpha value is -7.10. The van der Waals surface area contributed by atoms with E-state index in [0.29, 0.717) is 0 Å². The number of allylic oxidation sites excluding steroid dienone is 1. The van der Waals surface area contributed by atoms with Crippen LogP contribution in [0.5, 0.6) is 0 Å². The van der Waals surface area contributed by atoms with Gasteiger partial charge in [-0.3, -0.25) is 0 Å². The number of aryl methyl sites for hydroxylation is 1. The molecular formula is C52H36N2O. The topological polar surface area (TPSA) is 21.3 Å². The maximum Gasteiger partial charge on any atom is 0.159 e. The summed E-state index contributed by atoms with van der Waals surface area (Å²) in [5.41, 5.74) is 13.6. The monoisotopic (exact) mass is 704 g/mol. The fraction of sp³-hybridized carbons (Fsp3) is 0.0385. The van der Waals surface area contributed by atoms with Gasteiger partial charge in [0, 0.05) is 45.2 Å². The van der Waals surface area contributed by atoms with Crippen LogP contribution in [0, 0.1) is 0 Å². The number of anilines is 3. The van der Waals surface area contributed by atoms with Crippen LogP contribution < -0.4 is 4.90 Å². The molecule has 10 aromatic rings. The van der Waals surface area contributed by atoms with Gasteiger partial charge in [0.2, 0.25) is 0 Å². The first-order valence-corrected chi connectivity index (χ1v) is 19.1. The highest BCUT2D eigenvalue weighted by atomic mass is 16.3. The molecule has 0 atom stereocenters. The van der Waals surface area contributed by atoms with Crippen molar-refractivity contribution < 1.29 is 4.42 Å². The first kappa shape index (κ1) is 31.4. The largest absolute Gasteiger partial charge is 0.458 e. The van der Waals surface area contributed by atoms with Gasteiger partial charge in [-0.25, -0.2) is 0 Å². The van der Waals surface area contributed by atoms with Crippen LogP contribution in [0.4, 0.5) is 17.1 Å². The molecule has 0 aliphatic heterocycles. The van der Waals surface area contributed by atoms with Gasteiger partial charge in [-0.1, -0.05) is 146 Å². The van der Waals surface area contributed by atoms with Crippen LogP contribution >= 0.6 is 0 Å². The summed E-state index contributed by atoms with van der Waals surface area (Å²) in [6.07, 6.45) is 6.41. The predicted octanol–water partition coefficient (Wildman–Crippen LogP) is 14.4. The molecule has 0 amide bonds. The quantitative estimate of drug-likeness (QED) is 0.172. The minimum absolute atomic E-state index is 0.893. The van der Waals surface area contributed by atoms with E-state index in [1.165, 1.54) is 44.0 Å². The zero-order valence-corrected chi connectivity index (χ0v) is 30.2. The maximum absolute atomic E-state index is 6.94. The average molecular weight is 705 g/mol. The third-order valence-electron chi connectivity index (χ3n) is 11.2. The highest BCUT2D eigenvalue weighted by Gasteiger charge is 2.27. The van der Waals surface area contributed by atoms with Crippen molar-refractivity contribution in [3.05, 3.63) is 199 Å². The molecule has 1 aliphatic carbocycles. The molecule has 3 heteroatoms. The van der Waals surface area contributed by atoms with Crippen LogP contribution in [0.15, 0.2) is 192 Å². The van der Waals surface area contributed by atoms with Gasteiger partial charge in [0.15, 0.2) is 5.58 Å². The number of nitrogens with zero attached hydrogens (tertiary/aromatic N) is 2. The minimum Gasteiger partial charge on any atom is -0.458 e. The summed E-state index contributed by atoms with van der Waals surface area (Å²) in [6, 6.07) is 65.8. The van der Waals surface area contributed by atoms with E-state index in [2.05, 4.69) is 204 Å². The molecule has 2 aromatic heterocycles. The summed E-state index contributed by atoms with van der Waals surface area (Å²) < 4.78 is 9.36. The van der Waals surface area contributed by atoms with E-state index >= 15 is 0 Å². The molecule has 0 spiro atoms. The van der Waals surface area contributed by atoms with Crippen LogP contribution in [-0.4, -0.2) is 4.57 Å². The van der Waals surface area contributed by atoms with Crippen molar-refractivity contribution >= 4 is 66.7 Å². The normalized spacial score (nSPS) is 12.5. The summed E-state index contributed by atoms with van der Waals surface area (Å²) >= 11 is 0. The molecule has 1 aliphatic rings. The van der Waals surface area contributed by atoms with Gasteiger partial charge in [-0.2, -0.15) is 0 Å². The molecule has 0 saturated carbocycles. The zero-order chi connectivity index (χ0) is 36.3. The third kappa shape index (κ3) is 5.20. The Labute approximate surface area is 319 Å². The van der Waals surface area contributed by atoms with Gasteiger partial charge in [-0.15, -0.1) is 0 Å². The van der Waals surface area contributed by atoms with Gasteiger partial charge < -0.3 is 13.9 Å². The number of hydrogen-bond donors (Lipinski definition) is 0. The molecule has 0 unspecified atom stereocenters. The van der Waals surface area contributed by atoms with Crippen molar-refractivity contribution in [2.45, 2.75) is 12.8 Å². The maximum atomic E-state index is 6.94. The number of aromatic nitrogens is 1. The lowest BCUT2D eigenvalue weighted by atomic mass is 9.99. The number of para-hydroxylation sites is 2. The first-order chi connectivity index (χ1) is 27.3. The van der Waals surface area contributed by atoms with E-state index in [0.717, 1.165) is 68.7 Å². The summed E-state index contributed by atoms with van der Waals surface area (Å²) in [7, 11) is 0. The zero-order valence-electron chi connectivity index (χ0n) is 30.2. The molecule has 0 radical (unpaired) electrons. The Morgan fingerprint density at radius 2 is 1.13 bits per heavy atom. The Kier molecular flexibility index (Phi) is 7.31. The number of benzene rings is 8. The molecule has 0 saturated heterocycles. The number of fused-ring (bicyclic) bond motifs is 8. The first-order valence-electron chi connectivity index (χ1n) is 19.1. The second-order valence-corrected chi connectivity index (χ2v) is 14.4. The van der Waals surface area contributed by atoms with Crippen LogP contribution in [0.1, 0.15) is 17.7 Å². The van der Waals surface area contributed by atoms with Crippen molar-refractivity contribution in [2.24, 2.45) is 0 Å². The average Bonchev–Trinajstić information content (AvgIpc) is 3.81. The van der Waals surface area contributed by atoms with Gasteiger partial charge in [0.25, 0.3) is 0 Å². The van der Waals surface area contributed by atoms with E-state index in [4.69, 9.17) is 4.42 Å². The Bertz CT molecular complexity index is 3060. The molecule has 0 bridgehead atoms. The summed E-state index contributed by atoms with van der Waals surface area (Å²) in [5.74, 6) is 1.06. The van der Waals surface area contributed by atoms with E-state index < -0.39 is 0 Å².